The Balaban J connectivity index is 3.19. The van der Waals surface area contributed by atoms with Crippen LogP contribution in [0.4, 0.5) is 0 Å². The number of nitrogens with zero attached hydrogens (tertiary/aromatic N) is 2. The number of thioether (sulfide) groups is 2. The molecule has 1 aromatic carbocycles. The van der Waals surface area contributed by atoms with E-state index in [1.165, 1.54) is 15.0 Å². The molecule has 0 saturated carbocycles. The van der Waals surface area contributed by atoms with E-state index in [1.807, 2.05) is 23.5 Å². The highest BCUT2D eigenvalue weighted by molar-refractivity contribution is 8.22. The molecule has 0 amide bonds. The molecule has 2 nitrogen and oxygen atoms in total. The fourth-order valence-corrected chi connectivity index (χ4v) is 4.20. The van der Waals surface area contributed by atoms with E-state index in [9.17, 15) is 0 Å². The van der Waals surface area contributed by atoms with Crippen molar-refractivity contribution in [2.45, 2.75) is 32.6 Å². The Kier molecular flexibility index (Phi) is 8.77. The third-order valence-corrected chi connectivity index (χ3v) is 5.63. The monoisotopic (exact) mass is 324 g/mol. The smallest absolute Gasteiger partial charge is 0.125 e. The van der Waals surface area contributed by atoms with Crippen LogP contribution in [0.15, 0.2) is 45.3 Å². The second kappa shape index (κ2) is 10.1. The normalized spacial score (nSPS) is 10.3. The van der Waals surface area contributed by atoms with Gasteiger partial charge in [0.1, 0.15) is 5.82 Å². The van der Waals surface area contributed by atoms with Gasteiger partial charge in [0.2, 0.25) is 0 Å². The summed E-state index contributed by atoms with van der Waals surface area (Å²) in [4.78, 5) is 6.24. The number of hydrogen-bond donors (Lipinski definition) is 0. The zero-order valence-electron chi connectivity index (χ0n) is 13.9. The summed E-state index contributed by atoms with van der Waals surface area (Å²) in [5.74, 6) is 1.38. The van der Waals surface area contributed by atoms with Gasteiger partial charge in [-0.05, 0) is 46.1 Å². The predicted molar refractivity (Wildman–Crippen MR) is 98.7 cm³/mol. The summed E-state index contributed by atoms with van der Waals surface area (Å²) in [6, 6.07) is 10.7. The molecule has 0 aliphatic carbocycles. The molecule has 118 valence electrons. The zero-order chi connectivity index (χ0) is 15.7. The van der Waals surface area contributed by atoms with Crippen LogP contribution in [0.3, 0.4) is 0 Å². The maximum absolute atomic E-state index is 2.47. The molecule has 0 aromatic heterocycles. The van der Waals surface area contributed by atoms with Crippen molar-refractivity contribution >= 4 is 23.5 Å². The lowest BCUT2D eigenvalue weighted by Crippen LogP contribution is -2.36. The van der Waals surface area contributed by atoms with Gasteiger partial charge in [-0.1, -0.05) is 30.0 Å². The van der Waals surface area contributed by atoms with Crippen LogP contribution in [0.2, 0.25) is 0 Å². The molecule has 0 radical (unpaired) electrons. The van der Waals surface area contributed by atoms with Crippen molar-refractivity contribution in [3.63, 3.8) is 0 Å². The average molecular weight is 325 g/mol. The van der Waals surface area contributed by atoms with Crippen LogP contribution in [-0.2, 0) is 0 Å². The predicted octanol–water partition coefficient (Wildman–Crippen LogP) is 4.95. The average Bonchev–Trinajstić information content (AvgIpc) is 2.54. The molecule has 4 heteroatoms. The molecule has 0 aliphatic heterocycles. The lowest BCUT2D eigenvalue weighted by atomic mass is 10.4. The Morgan fingerprint density at radius 2 is 1.33 bits per heavy atom. The summed E-state index contributed by atoms with van der Waals surface area (Å²) in [6.07, 6.45) is 2.18. The van der Waals surface area contributed by atoms with Crippen LogP contribution in [0, 0.1) is 0 Å². The maximum Gasteiger partial charge on any atom is 0.125 e. The van der Waals surface area contributed by atoms with Gasteiger partial charge in [-0.15, -0.1) is 11.8 Å². The molecule has 0 bridgehead atoms. The zero-order valence-corrected chi connectivity index (χ0v) is 15.6. The summed E-state index contributed by atoms with van der Waals surface area (Å²) < 4.78 is 1.38. The minimum atomic E-state index is 1.04. The largest absolute Gasteiger partial charge is 0.357 e. The van der Waals surface area contributed by atoms with E-state index in [0.29, 0.717) is 0 Å². The molecule has 0 saturated heterocycles. The molecule has 1 aromatic rings. The SMILES string of the molecule is CCN(CC)C(=C(SC)Sc1ccccc1)N(CC)CC. The van der Waals surface area contributed by atoms with E-state index in [-0.39, 0.29) is 0 Å². The van der Waals surface area contributed by atoms with Crippen LogP contribution >= 0.6 is 23.5 Å². The molecular formula is C17H28N2S2. The second-order valence-electron chi connectivity index (χ2n) is 4.57. The first-order chi connectivity index (χ1) is 10.2. The molecule has 0 aliphatic rings. The third-order valence-electron chi connectivity index (χ3n) is 3.45. The van der Waals surface area contributed by atoms with E-state index >= 15 is 0 Å². The molecule has 0 atom stereocenters. The quantitative estimate of drug-likeness (QED) is 0.593. The van der Waals surface area contributed by atoms with Gasteiger partial charge in [-0.25, -0.2) is 0 Å². The van der Waals surface area contributed by atoms with Gasteiger partial charge in [0.25, 0.3) is 0 Å². The van der Waals surface area contributed by atoms with E-state index < -0.39 is 0 Å². The highest BCUT2D eigenvalue weighted by Gasteiger charge is 2.18. The van der Waals surface area contributed by atoms with Gasteiger partial charge >= 0.3 is 0 Å². The second-order valence-corrected chi connectivity index (χ2v) is 6.73. The summed E-state index contributed by atoms with van der Waals surface area (Å²) >= 11 is 3.72. The van der Waals surface area contributed by atoms with E-state index in [0.717, 1.165) is 26.2 Å². The number of rotatable bonds is 9. The van der Waals surface area contributed by atoms with Crippen molar-refractivity contribution in [2.75, 3.05) is 32.4 Å². The molecule has 0 spiro atoms. The summed E-state index contributed by atoms with van der Waals surface area (Å²) in [5, 5.41) is 0. The van der Waals surface area contributed by atoms with Gasteiger partial charge in [0.15, 0.2) is 0 Å². The van der Waals surface area contributed by atoms with Crippen molar-refractivity contribution in [1.29, 1.82) is 0 Å². The first kappa shape index (κ1) is 18.3. The minimum Gasteiger partial charge on any atom is -0.357 e. The van der Waals surface area contributed by atoms with Gasteiger partial charge in [0, 0.05) is 31.1 Å². The molecular weight excluding hydrogens is 296 g/mol. The van der Waals surface area contributed by atoms with Crippen molar-refractivity contribution in [2.24, 2.45) is 0 Å². The Hall–Kier alpha value is -0.740. The standard InChI is InChI=1S/C17H28N2S2/c1-6-18(7-2)16(19(8-3)9-4)17(20-5)21-15-13-11-10-12-14-15/h10-14H,6-9H2,1-5H3. The molecule has 0 N–H and O–H groups in total. The van der Waals surface area contributed by atoms with Gasteiger partial charge in [0.05, 0.1) is 4.24 Å². The van der Waals surface area contributed by atoms with Gasteiger partial charge < -0.3 is 9.80 Å². The van der Waals surface area contributed by atoms with Crippen molar-refractivity contribution in [3.05, 3.63) is 40.4 Å². The molecule has 1 rings (SSSR count). The lowest BCUT2D eigenvalue weighted by molar-refractivity contribution is 0.235. The van der Waals surface area contributed by atoms with E-state index in [4.69, 9.17) is 0 Å². The first-order valence-corrected chi connectivity index (χ1v) is 9.76. The lowest BCUT2D eigenvalue weighted by Gasteiger charge is -2.35. The van der Waals surface area contributed by atoms with Crippen LogP contribution in [0.1, 0.15) is 27.7 Å². The molecule has 0 unspecified atom stereocenters. The Morgan fingerprint density at radius 3 is 1.71 bits per heavy atom. The Morgan fingerprint density at radius 1 is 0.857 bits per heavy atom. The van der Waals surface area contributed by atoms with E-state index in [1.54, 1.807) is 0 Å². The fourth-order valence-electron chi connectivity index (χ4n) is 2.28. The molecule has 0 fully saturated rings. The van der Waals surface area contributed by atoms with Crippen molar-refractivity contribution in [1.82, 2.24) is 9.80 Å². The highest BCUT2D eigenvalue weighted by Crippen LogP contribution is 2.37. The topological polar surface area (TPSA) is 6.48 Å². The summed E-state index contributed by atoms with van der Waals surface area (Å²) in [7, 11) is 0. The van der Waals surface area contributed by atoms with Gasteiger partial charge in [-0.2, -0.15) is 0 Å². The van der Waals surface area contributed by atoms with Gasteiger partial charge in [-0.3, -0.25) is 0 Å². The minimum absolute atomic E-state index is 1.04. The Bertz CT molecular complexity index is 410. The van der Waals surface area contributed by atoms with Crippen LogP contribution < -0.4 is 0 Å². The van der Waals surface area contributed by atoms with Crippen molar-refractivity contribution in [3.8, 4) is 0 Å². The van der Waals surface area contributed by atoms with Crippen LogP contribution in [-0.4, -0.2) is 42.2 Å². The van der Waals surface area contributed by atoms with Crippen molar-refractivity contribution < 1.29 is 0 Å². The summed E-state index contributed by atoms with van der Waals surface area (Å²) in [6.45, 7) is 13.1. The Labute approximate surface area is 139 Å². The molecule has 0 heterocycles. The van der Waals surface area contributed by atoms with Crippen LogP contribution in [0.5, 0.6) is 0 Å². The maximum atomic E-state index is 2.47. The number of benzene rings is 1. The molecule has 21 heavy (non-hydrogen) atoms. The fraction of sp³-hybridized carbons (Fsp3) is 0.529. The first-order valence-electron chi connectivity index (χ1n) is 7.72. The highest BCUT2D eigenvalue weighted by atomic mass is 32.2. The third kappa shape index (κ3) is 5.19. The summed E-state index contributed by atoms with van der Waals surface area (Å²) in [5.41, 5.74) is 0. The van der Waals surface area contributed by atoms with E-state index in [2.05, 4.69) is 74.1 Å². The number of hydrogen-bond acceptors (Lipinski definition) is 4. The van der Waals surface area contributed by atoms with Crippen LogP contribution in [0.25, 0.3) is 0 Å².